The van der Waals surface area contributed by atoms with Crippen LogP contribution in [0.25, 0.3) is 5.82 Å². The first-order chi connectivity index (χ1) is 9.17. The van der Waals surface area contributed by atoms with E-state index in [9.17, 15) is 4.79 Å². The molecule has 2 aromatic rings. The van der Waals surface area contributed by atoms with Gasteiger partial charge in [-0.3, -0.25) is 0 Å². The number of aromatic carboxylic acids is 1. The van der Waals surface area contributed by atoms with Crippen LogP contribution in [-0.4, -0.2) is 30.8 Å². The van der Waals surface area contributed by atoms with Gasteiger partial charge in [-0.05, 0) is 25.3 Å². The topological polar surface area (TPSA) is 80.9 Å². The molecule has 0 spiro atoms. The number of hydrogen-bond donors (Lipinski definition) is 1. The van der Waals surface area contributed by atoms with E-state index in [0.29, 0.717) is 11.7 Å². The average molecular weight is 258 g/mol. The number of rotatable bonds is 4. The van der Waals surface area contributed by atoms with E-state index in [2.05, 4.69) is 15.1 Å². The maximum atomic E-state index is 10.8. The molecule has 6 heteroatoms. The van der Waals surface area contributed by atoms with Crippen molar-refractivity contribution in [3.63, 3.8) is 0 Å². The Morgan fingerprint density at radius 1 is 1.47 bits per heavy atom. The van der Waals surface area contributed by atoms with Crippen LogP contribution in [0.2, 0.25) is 0 Å². The molecule has 0 amide bonds. The van der Waals surface area contributed by atoms with Gasteiger partial charge in [0.1, 0.15) is 5.82 Å². The zero-order valence-corrected chi connectivity index (χ0v) is 10.6. The second kappa shape index (κ2) is 4.46. The number of aromatic nitrogens is 4. The van der Waals surface area contributed by atoms with Gasteiger partial charge in [-0.1, -0.05) is 6.92 Å². The average Bonchev–Trinajstić information content (AvgIpc) is 3.14. The van der Waals surface area contributed by atoms with Crippen LogP contribution in [0.5, 0.6) is 0 Å². The molecular weight excluding hydrogens is 244 g/mol. The molecule has 0 atom stereocenters. The van der Waals surface area contributed by atoms with E-state index in [4.69, 9.17) is 5.11 Å². The summed E-state index contributed by atoms with van der Waals surface area (Å²) in [6.45, 7) is 2.04. The summed E-state index contributed by atoms with van der Waals surface area (Å²) in [5.74, 6) is 0.911. The van der Waals surface area contributed by atoms with E-state index in [0.717, 1.165) is 30.8 Å². The van der Waals surface area contributed by atoms with Gasteiger partial charge in [0.25, 0.3) is 0 Å². The van der Waals surface area contributed by atoms with Crippen molar-refractivity contribution in [3.05, 3.63) is 35.5 Å². The Hall–Kier alpha value is -2.24. The number of nitrogens with zero attached hydrogens (tertiary/aromatic N) is 4. The third-order valence-corrected chi connectivity index (χ3v) is 3.13. The first kappa shape index (κ1) is 11.8. The molecule has 2 heterocycles. The third kappa shape index (κ3) is 2.33. The highest BCUT2D eigenvalue weighted by atomic mass is 16.4. The maximum absolute atomic E-state index is 10.8. The Bertz CT molecular complexity index is 631. The van der Waals surface area contributed by atoms with Crippen molar-refractivity contribution in [1.29, 1.82) is 0 Å². The third-order valence-electron chi connectivity index (χ3n) is 3.13. The normalized spacial score (nSPS) is 14.6. The molecule has 1 aliphatic carbocycles. The zero-order chi connectivity index (χ0) is 13.4. The number of carboxylic acid groups (broad SMARTS) is 1. The molecule has 6 nitrogen and oxygen atoms in total. The lowest BCUT2D eigenvalue weighted by Gasteiger charge is -2.06. The molecule has 0 saturated heterocycles. The number of aryl methyl sites for hydroxylation is 1. The van der Waals surface area contributed by atoms with Crippen LogP contribution in [0.3, 0.4) is 0 Å². The van der Waals surface area contributed by atoms with Gasteiger partial charge in [0, 0.05) is 23.9 Å². The highest BCUT2D eigenvalue weighted by molar-refractivity contribution is 5.85. The minimum atomic E-state index is -1.04. The first-order valence-corrected chi connectivity index (χ1v) is 6.34. The molecule has 1 N–H and O–H groups in total. The molecule has 1 aliphatic rings. The fraction of sp³-hybridized carbons (Fsp3) is 0.385. The second-order valence-corrected chi connectivity index (χ2v) is 4.65. The monoisotopic (exact) mass is 258 g/mol. The highest BCUT2D eigenvalue weighted by Gasteiger charge is 2.27. The first-order valence-electron chi connectivity index (χ1n) is 6.34. The Labute approximate surface area is 110 Å². The van der Waals surface area contributed by atoms with Gasteiger partial charge in [-0.2, -0.15) is 5.10 Å². The van der Waals surface area contributed by atoms with E-state index < -0.39 is 5.97 Å². The lowest BCUT2D eigenvalue weighted by Crippen LogP contribution is -2.07. The summed E-state index contributed by atoms with van der Waals surface area (Å²) in [5, 5.41) is 12.9. The zero-order valence-electron chi connectivity index (χ0n) is 10.6. The summed E-state index contributed by atoms with van der Waals surface area (Å²) in [5.41, 5.74) is 0.976. The van der Waals surface area contributed by atoms with E-state index >= 15 is 0 Å². The molecular formula is C13H14N4O2. The van der Waals surface area contributed by atoms with Crippen LogP contribution in [0.15, 0.2) is 18.3 Å². The molecule has 0 radical (unpaired) electrons. The van der Waals surface area contributed by atoms with Crippen molar-refractivity contribution < 1.29 is 9.90 Å². The Morgan fingerprint density at radius 3 is 2.84 bits per heavy atom. The molecule has 0 bridgehead atoms. The Morgan fingerprint density at radius 2 is 2.26 bits per heavy atom. The number of carbonyl (C=O) groups is 1. The molecule has 2 aromatic heterocycles. The molecule has 98 valence electrons. The second-order valence-electron chi connectivity index (χ2n) is 4.65. The van der Waals surface area contributed by atoms with E-state index in [1.165, 1.54) is 10.7 Å². The summed E-state index contributed by atoms with van der Waals surface area (Å²) < 4.78 is 1.50. The Kier molecular flexibility index (Phi) is 2.77. The van der Waals surface area contributed by atoms with E-state index in [1.807, 2.05) is 13.0 Å². The Balaban J connectivity index is 2.02. The molecule has 1 fully saturated rings. The van der Waals surface area contributed by atoms with Crippen LogP contribution in [0.4, 0.5) is 0 Å². The van der Waals surface area contributed by atoms with Gasteiger partial charge in [-0.25, -0.2) is 19.4 Å². The van der Waals surface area contributed by atoms with Gasteiger partial charge < -0.3 is 5.11 Å². The van der Waals surface area contributed by atoms with Gasteiger partial charge in [-0.15, -0.1) is 0 Å². The quantitative estimate of drug-likeness (QED) is 0.904. The van der Waals surface area contributed by atoms with Crippen molar-refractivity contribution >= 4 is 5.97 Å². The van der Waals surface area contributed by atoms with Crippen LogP contribution < -0.4 is 0 Å². The summed E-state index contributed by atoms with van der Waals surface area (Å²) >= 11 is 0. The van der Waals surface area contributed by atoms with Crippen LogP contribution in [0, 0.1) is 0 Å². The minimum absolute atomic E-state index is 0.0182. The van der Waals surface area contributed by atoms with E-state index in [1.54, 1.807) is 6.20 Å². The molecule has 0 aliphatic heterocycles. The van der Waals surface area contributed by atoms with Gasteiger partial charge in [0.05, 0.1) is 0 Å². The SMILES string of the molecule is CCc1cc(-n2ccc(C(=O)O)n2)nc(C2CC2)n1. The van der Waals surface area contributed by atoms with Crippen molar-refractivity contribution in [2.45, 2.75) is 32.1 Å². The number of carboxylic acids is 1. The summed E-state index contributed by atoms with van der Waals surface area (Å²) in [6.07, 6.45) is 4.70. The summed E-state index contributed by atoms with van der Waals surface area (Å²) in [6, 6.07) is 3.32. The summed E-state index contributed by atoms with van der Waals surface area (Å²) in [7, 11) is 0. The van der Waals surface area contributed by atoms with Crippen LogP contribution >= 0.6 is 0 Å². The van der Waals surface area contributed by atoms with Crippen molar-refractivity contribution in [2.24, 2.45) is 0 Å². The highest BCUT2D eigenvalue weighted by Crippen LogP contribution is 2.38. The van der Waals surface area contributed by atoms with E-state index in [-0.39, 0.29) is 5.69 Å². The lowest BCUT2D eigenvalue weighted by atomic mass is 10.3. The fourth-order valence-corrected chi connectivity index (χ4v) is 1.89. The largest absolute Gasteiger partial charge is 0.476 e. The maximum Gasteiger partial charge on any atom is 0.356 e. The minimum Gasteiger partial charge on any atom is -0.476 e. The van der Waals surface area contributed by atoms with Gasteiger partial charge in [0.15, 0.2) is 11.5 Å². The standard InChI is InChI=1S/C13H14N4O2/c1-2-9-7-11(15-12(14-9)8-3-4-8)17-6-5-10(16-17)13(18)19/h5-8H,2-4H2,1H3,(H,18,19). The van der Waals surface area contributed by atoms with Crippen LogP contribution in [0.1, 0.15) is 47.7 Å². The van der Waals surface area contributed by atoms with Gasteiger partial charge in [0.2, 0.25) is 0 Å². The molecule has 19 heavy (non-hydrogen) atoms. The predicted octanol–water partition coefficient (Wildman–Crippen LogP) is 1.80. The fourth-order valence-electron chi connectivity index (χ4n) is 1.89. The molecule has 3 rings (SSSR count). The molecule has 0 aromatic carbocycles. The van der Waals surface area contributed by atoms with Crippen molar-refractivity contribution in [2.75, 3.05) is 0 Å². The number of hydrogen-bond acceptors (Lipinski definition) is 4. The lowest BCUT2D eigenvalue weighted by molar-refractivity contribution is 0.0690. The predicted molar refractivity (Wildman–Crippen MR) is 67.5 cm³/mol. The smallest absolute Gasteiger partial charge is 0.356 e. The van der Waals surface area contributed by atoms with Gasteiger partial charge >= 0.3 is 5.97 Å². The summed E-state index contributed by atoms with van der Waals surface area (Å²) in [4.78, 5) is 19.8. The molecule has 0 unspecified atom stereocenters. The van der Waals surface area contributed by atoms with Crippen molar-refractivity contribution in [1.82, 2.24) is 19.7 Å². The molecule has 1 saturated carbocycles. The van der Waals surface area contributed by atoms with Crippen molar-refractivity contribution in [3.8, 4) is 5.82 Å². The van der Waals surface area contributed by atoms with Crippen LogP contribution in [-0.2, 0) is 6.42 Å².